The number of nitrogens with zero attached hydrogens (tertiary/aromatic N) is 1. The Morgan fingerprint density at radius 1 is 1.30 bits per heavy atom. The van der Waals surface area contributed by atoms with E-state index >= 15 is 0 Å². The molecule has 1 amide bonds. The fourth-order valence-corrected chi connectivity index (χ4v) is 2.56. The maximum atomic E-state index is 12.0. The second kappa shape index (κ2) is 6.07. The lowest BCUT2D eigenvalue weighted by Crippen LogP contribution is -2.25. The zero-order valence-electron chi connectivity index (χ0n) is 12.0. The molecule has 20 heavy (non-hydrogen) atoms. The van der Waals surface area contributed by atoms with E-state index in [2.05, 4.69) is 13.8 Å². The fourth-order valence-electron chi connectivity index (χ4n) is 2.56. The normalized spacial score (nSPS) is 18.9. The monoisotopic (exact) mass is 275 g/mol. The summed E-state index contributed by atoms with van der Waals surface area (Å²) in [7, 11) is 0. The Labute approximate surface area is 119 Å². The van der Waals surface area contributed by atoms with Crippen molar-refractivity contribution in [3.63, 3.8) is 0 Å². The van der Waals surface area contributed by atoms with Crippen LogP contribution in [-0.2, 0) is 22.6 Å². The van der Waals surface area contributed by atoms with Crippen LogP contribution < -0.4 is 0 Å². The van der Waals surface area contributed by atoms with Crippen LogP contribution in [0.15, 0.2) is 24.3 Å². The Balaban J connectivity index is 1.96. The molecule has 1 aromatic rings. The first-order chi connectivity index (χ1) is 9.45. The van der Waals surface area contributed by atoms with E-state index in [1.807, 2.05) is 29.2 Å². The molecule has 1 atom stereocenters. The van der Waals surface area contributed by atoms with Gasteiger partial charge in [0.25, 0.3) is 0 Å². The number of rotatable bonds is 5. The van der Waals surface area contributed by atoms with Crippen molar-refractivity contribution in [2.45, 2.75) is 33.2 Å². The van der Waals surface area contributed by atoms with Crippen molar-refractivity contribution < 1.29 is 14.7 Å². The summed E-state index contributed by atoms with van der Waals surface area (Å²) in [5.74, 6) is 0.376. The zero-order chi connectivity index (χ0) is 14.7. The first-order valence-corrected chi connectivity index (χ1v) is 7.03. The van der Waals surface area contributed by atoms with Gasteiger partial charge >= 0.3 is 5.97 Å². The molecule has 1 heterocycles. The molecule has 0 saturated carbocycles. The molecule has 1 unspecified atom stereocenters. The van der Waals surface area contributed by atoms with Gasteiger partial charge in [-0.3, -0.25) is 9.59 Å². The summed E-state index contributed by atoms with van der Waals surface area (Å²) < 4.78 is 0. The maximum absolute atomic E-state index is 12.0. The largest absolute Gasteiger partial charge is 0.481 e. The highest BCUT2D eigenvalue weighted by molar-refractivity contribution is 5.78. The second-order valence-electron chi connectivity index (χ2n) is 5.87. The molecule has 0 radical (unpaired) electrons. The van der Waals surface area contributed by atoms with Crippen LogP contribution >= 0.6 is 0 Å². The molecule has 1 saturated heterocycles. The number of carboxylic acid groups (broad SMARTS) is 1. The van der Waals surface area contributed by atoms with E-state index < -0.39 is 5.97 Å². The number of amides is 1. The SMILES string of the molecule is CC(C)C1CC(=O)N(Cc2ccc(CC(=O)O)cc2)C1. The molecule has 1 aliphatic rings. The van der Waals surface area contributed by atoms with Crippen molar-refractivity contribution in [2.24, 2.45) is 11.8 Å². The van der Waals surface area contributed by atoms with E-state index in [1.165, 1.54) is 0 Å². The molecular weight excluding hydrogens is 254 g/mol. The van der Waals surface area contributed by atoms with Crippen molar-refractivity contribution in [1.82, 2.24) is 4.90 Å². The summed E-state index contributed by atoms with van der Waals surface area (Å²) in [6.07, 6.45) is 0.688. The van der Waals surface area contributed by atoms with Crippen LogP contribution in [0, 0.1) is 11.8 Å². The summed E-state index contributed by atoms with van der Waals surface area (Å²) in [6.45, 7) is 5.76. The summed E-state index contributed by atoms with van der Waals surface area (Å²) in [5.41, 5.74) is 1.84. The van der Waals surface area contributed by atoms with Gasteiger partial charge in [0, 0.05) is 19.5 Å². The molecule has 0 bridgehead atoms. The van der Waals surface area contributed by atoms with Gasteiger partial charge < -0.3 is 10.0 Å². The van der Waals surface area contributed by atoms with Crippen LogP contribution in [0.4, 0.5) is 0 Å². The number of aliphatic carboxylic acids is 1. The van der Waals surface area contributed by atoms with Gasteiger partial charge in [0.15, 0.2) is 0 Å². The van der Waals surface area contributed by atoms with Crippen molar-refractivity contribution in [3.05, 3.63) is 35.4 Å². The third-order valence-corrected chi connectivity index (χ3v) is 3.94. The van der Waals surface area contributed by atoms with E-state index in [0.29, 0.717) is 24.8 Å². The van der Waals surface area contributed by atoms with E-state index in [1.54, 1.807) is 0 Å². The molecule has 108 valence electrons. The summed E-state index contributed by atoms with van der Waals surface area (Å²) >= 11 is 0. The van der Waals surface area contributed by atoms with Gasteiger partial charge in [-0.2, -0.15) is 0 Å². The summed E-state index contributed by atoms with van der Waals surface area (Å²) in [5, 5.41) is 8.73. The van der Waals surface area contributed by atoms with Crippen molar-refractivity contribution in [2.75, 3.05) is 6.54 Å². The number of carboxylic acids is 1. The lowest BCUT2D eigenvalue weighted by Gasteiger charge is -2.18. The Bertz CT molecular complexity index is 493. The molecule has 4 heteroatoms. The molecule has 0 spiro atoms. The smallest absolute Gasteiger partial charge is 0.307 e. The van der Waals surface area contributed by atoms with Gasteiger partial charge in [-0.1, -0.05) is 38.1 Å². The van der Waals surface area contributed by atoms with Crippen LogP contribution in [0.1, 0.15) is 31.4 Å². The molecule has 4 nitrogen and oxygen atoms in total. The first kappa shape index (κ1) is 14.6. The predicted octanol–water partition coefficient (Wildman–Crippen LogP) is 2.32. The molecule has 0 aliphatic carbocycles. The third-order valence-electron chi connectivity index (χ3n) is 3.94. The van der Waals surface area contributed by atoms with Crippen LogP contribution in [0.2, 0.25) is 0 Å². The lowest BCUT2D eigenvalue weighted by atomic mass is 9.95. The van der Waals surface area contributed by atoms with Crippen LogP contribution in [0.5, 0.6) is 0 Å². The number of hydrogen-bond donors (Lipinski definition) is 1. The Kier molecular flexibility index (Phi) is 4.42. The number of benzene rings is 1. The number of likely N-dealkylation sites (tertiary alicyclic amines) is 1. The highest BCUT2D eigenvalue weighted by Gasteiger charge is 2.31. The molecular formula is C16H21NO3. The number of carbonyl (C=O) groups is 2. The Hall–Kier alpha value is -1.84. The Morgan fingerprint density at radius 2 is 1.90 bits per heavy atom. The minimum absolute atomic E-state index is 0.0400. The van der Waals surface area contributed by atoms with E-state index in [-0.39, 0.29) is 12.3 Å². The third kappa shape index (κ3) is 3.59. The number of hydrogen-bond acceptors (Lipinski definition) is 2. The van der Waals surface area contributed by atoms with Crippen molar-refractivity contribution in [3.8, 4) is 0 Å². The fraction of sp³-hybridized carbons (Fsp3) is 0.500. The maximum Gasteiger partial charge on any atom is 0.307 e. The van der Waals surface area contributed by atoms with Gasteiger partial charge in [0.1, 0.15) is 0 Å². The standard InChI is InChI=1S/C16H21NO3/c1-11(2)14-8-15(18)17(10-14)9-13-5-3-12(4-6-13)7-16(19)20/h3-6,11,14H,7-10H2,1-2H3,(H,19,20). The lowest BCUT2D eigenvalue weighted by molar-refractivity contribution is -0.136. The van der Waals surface area contributed by atoms with E-state index in [9.17, 15) is 9.59 Å². The molecule has 1 aliphatic heterocycles. The topological polar surface area (TPSA) is 57.6 Å². The first-order valence-electron chi connectivity index (χ1n) is 7.03. The van der Waals surface area contributed by atoms with Crippen LogP contribution in [0.3, 0.4) is 0 Å². The van der Waals surface area contributed by atoms with Crippen molar-refractivity contribution in [1.29, 1.82) is 0 Å². The molecule has 1 aromatic carbocycles. The summed E-state index contributed by atoms with van der Waals surface area (Å²) in [4.78, 5) is 24.5. The van der Waals surface area contributed by atoms with Crippen molar-refractivity contribution >= 4 is 11.9 Å². The van der Waals surface area contributed by atoms with Gasteiger partial charge in [-0.15, -0.1) is 0 Å². The second-order valence-corrected chi connectivity index (χ2v) is 5.87. The minimum atomic E-state index is -0.827. The number of carbonyl (C=O) groups excluding carboxylic acids is 1. The molecule has 1 fully saturated rings. The van der Waals surface area contributed by atoms with Crippen LogP contribution in [0.25, 0.3) is 0 Å². The van der Waals surface area contributed by atoms with Gasteiger partial charge in [0.05, 0.1) is 6.42 Å². The summed E-state index contributed by atoms with van der Waals surface area (Å²) in [6, 6.07) is 7.47. The van der Waals surface area contributed by atoms with Gasteiger partial charge in [-0.05, 0) is 23.0 Å². The van der Waals surface area contributed by atoms with E-state index in [0.717, 1.165) is 17.7 Å². The minimum Gasteiger partial charge on any atom is -0.481 e. The van der Waals surface area contributed by atoms with Gasteiger partial charge in [-0.25, -0.2) is 0 Å². The highest BCUT2D eigenvalue weighted by atomic mass is 16.4. The highest BCUT2D eigenvalue weighted by Crippen LogP contribution is 2.26. The quantitative estimate of drug-likeness (QED) is 0.897. The van der Waals surface area contributed by atoms with Gasteiger partial charge in [0.2, 0.25) is 5.91 Å². The Morgan fingerprint density at radius 3 is 2.40 bits per heavy atom. The molecule has 2 rings (SSSR count). The van der Waals surface area contributed by atoms with Crippen LogP contribution in [-0.4, -0.2) is 28.4 Å². The molecule has 0 aromatic heterocycles. The molecule has 1 N–H and O–H groups in total. The van der Waals surface area contributed by atoms with E-state index in [4.69, 9.17) is 5.11 Å². The predicted molar refractivity (Wildman–Crippen MR) is 76.1 cm³/mol. The zero-order valence-corrected chi connectivity index (χ0v) is 12.0. The average Bonchev–Trinajstić information content (AvgIpc) is 2.73. The average molecular weight is 275 g/mol.